The van der Waals surface area contributed by atoms with Gasteiger partial charge in [0.2, 0.25) is 5.96 Å². The number of nitrogens with zero attached hydrogens (tertiary/aromatic N) is 2. The van der Waals surface area contributed by atoms with Crippen LogP contribution in [-0.4, -0.2) is 12.5 Å². The summed E-state index contributed by atoms with van der Waals surface area (Å²) < 4.78 is 2.34. The van der Waals surface area contributed by atoms with Gasteiger partial charge in [-0.2, -0.15) is 0 Å². The molecule has 0 saturated carbocycles. The second-order valence-corrected chi connectivity index (χ2v) is 1.36. The summed E-state index contributed by atoms with van der Waals surface area (Å²) in [6.07, 6.45) is 0. The Balaban J connectivity index is 3.65. The van der Waals surface area contributed by atoms with E-state index in [0.29, 0.717) is 6.54 Å². The smallest absolute Gasteiger partial charge is 0.224 e. The first-order valence-electron chi connectivity index (χ1n) is 2.38. The molecule has 0 saturated heterocycles. The lowest BCUT2D eigenvalue weighted by Crippen LogP contribution is -2.27. The third-order valence-electron chi connectivity index (χ3n) is 0.574. The molecule has 0 aliphatic carbocycles. The first-order valence-corrected chi connectivity index (χ1v) is 2.82. The molecule has 0 aromatic carbocycles. The Labute approximate surface area is 58.4 Å². The van der Waals surface area contributed by atoms with Gasteiger partial charge in [0.05, 0.1) is 5.29 Å². The molecule has 0 fully saturated rings. The lowest BCUT2D eigenvalue weighted by molar-refractivity contribution is 0.952. The van der Waals surface area contributed by atoms with E-state index in [0.717, 1.165) is 0 Å². The van der Waals surface area contributed by atoms with E-state index in [4.69, 9.17) is 0 Å². The highest BCUT2D eigenvalue weighted by Gasteiger charge is 1.88. The van der Waals surface area contributed by atoms with Crippen LogP contribution in [0.1, 0.15) is 6.92 Å². The highest BCUT2D eigenvalue weighted by atomic mass is 32.1. The number of aliphatic imine (C=N–C) groups is 1. The summed E-state index contributed by atoms with van der Waals surface area (Å²) in [4.78, 5) is 13.3. The fourth-order valence-electron chi connectivity index (χ4n) is 0.297. The summed E-state index contributed by atoms with van der Waals surface area (Å²) in [7, 11) is 0. The number of hydrogen-bond donors (Lipinski definition) is 3. The Morgan fingerprint density at radius 3 is 2.78 bits per heavy atom. The number of nitrogens with one attached hydrogen (secondary N) is 2. The molecule has 0 aliphatic heterocycles. The minimum Gasteiger partial charge on any atom is -0.301 e. The highest BCUT2D eigenvalue weighted by molar-refractivity contribution is 7.78. The molecular weight excluding hydrogens is 140 g/mol. The van der Waals surface area contributed by atoms with Crippen LogP contribution in [0.5, 0.6) is 0 Å². The van der Waals surface area contributed by atoms with Crippen molar-refractivity contribution in [3.63, 3.8) is 0 Å². The van der Waals surface area contributed by atoms with Crippen molar-refractivity contribution in [2.45, 2.75) is 6.92 Å². The van der Waals surface area contributed by atoms with Gasteiger partial charge in [-0.1, -0.05) is 12.8 Å². The van der Waals surface area contributed by atoms with Gasteiger partial charge in [-0.05, 0) is 6.92 Å². The molecule has 0 aromatic rings. The fourth-order valence-corrected chi connectivity index (χ4v) is 0.418. The molecule has 0 radical (unpaired) electrons. The summed E-state index contributed by atoms with van der Waals surface area (Å²) in [6.45, 7) is 2.41. The molecule has 0 unspecified atom stereocenters. The molecular formula is C3H8N4OS. The minimum atomic E-state index is 0.260. The molecule has 2 N–H and O–H groups in total. The van der Waals surface area contributed by atoms with E-state index in [2.05, 4.69) is 33.2 Å². The number of nitroso groups, excluding NO2 is 1. The topological polar surface area (TPSA) is 65.8 Å². The van der Waals surface area contributed by atoms with Crippen molar-refractivity contribution in [3.05, 3.63) is 4.91 Å². The van der Waals surface area contributed by atoms with Gasteiger partial charge in [0.25, 0.3) is 0 Å². The number of hydrogen-bond acceptors (Lipinski definition) is 4. The standard InChI is InChI=1S/C3H8N4OS/c1-2-4-3(6-9)5-7-8/h9H,2H2,1H3,(H2,4,5,6,8). The van der Waals surface area contributed by atoms with Gasteiger partial charge in [-0.3, -0.25) is 4.99 Å². The highest BCUT2D eigenvalue weighted by Crippen LogP contribution is 1.71. The minimum absolute atomic E-state index is 0.260. The zero-order valence-electron chi connectivity index (χ0n) is 4.96. The maximum absolute atomic E-state index is 9.53. The molecule has 0 bridgehead atoms. The monoisotopic (exact) mass is 148 g/mol. The van der Waals surface area contributed by atoms with E-state index in [1.165, 1.54) is 0 Å². The van der Waals surface area contributed by atoms with E-state index < -0.39 is 0 Å². The van der Waals surface area contributed by atoms with Gasteiger partial charge in [0.1, 0.15) is 0 Å². The van der Waals surface area contributed by atoms with Gasteiger partial charge in [-0.25, -0.2) is 5.43 Å². The summed E-state index contributed by atoms with van der Waals surface area (Å²) in [5, 5.41) is 2.38. The third-order valence-corrected chi connectivity index (χ3v) is 0.785. The Morgan fingerprint density at radius 2 is 2.44 bits per heavy atom. The van der Waals surface area contributed by atoms with Gasteiger partial charge in [-0.15, -0.1) is 4.91 Å². The van der Waals surface area contributed by atoms with Crippen molar-refractivity contribution < 1.29 is 0 Å². The fraction of sp³-hybridized carbons (Fsp3) is 0.667. The van der Waals surface area contributed by atoms with Crippen LogP contribution in [0.2, 0.25) is 0 Å². The van der Waals surface area contributed by atoms with Gasteiger partial charge in [0.15, 0.2) is 0 Å². The van der Waals surface area contributed by atoms with Crippen LogP contribution in [0.15, 0.2) is 10.3 Å². The second-order valence-electron chi connectivity index (χ2n) is 1.14. The van der Waals surface area contributed by atoms with E-state index in [9.17, 15) is 4.91 Å². The zero-order valence-corrected chi connectivity index (χ0v) is 5.85. The molecule has 5 nitrogen and oxygen atoms in total. The SMILES string of the molecule is CCN=C(NS)NN=O. The number of rotatable bonds is 2. The van der Waals surface area contributed by atoms with E-state index in [1.807, 2.05) is 6.92 Å². The zero-order chi connectivity index (χ0) is 7.11. The molecule has 0 spiro atoms. The van der Waals surface area contributed by atoms with Crippen molar-refractivity contribution in [3.8, 4) is 0 Å². The molecule has 0 rings (SSSR count). The lowest BCUT2D eigenvalue weighted by atomic mass is 10.8. The Hall–Kier alpha value is -0.780. The molecule has 0 heterocycles. The Morgan fingerprint density at radius 1 is 1.78 bits per heavy atom. The Bertz CT molecular complexity index is 114. The van der Waals surface area contributed by atoms with Crippen LogP contribution >= 0.6 is 12.8 Å². The summed E-state index contributed by atoms with van der Waals surface area (Å²) in [6, 6.07) is 0. The summed E-state index contributed by atoms with van der Waals surface area (Å²) >= 11 is 3.64. The average Bonchev–Trinajstić information content (AvgIpc) is 1.88. The average molecular weight is 148 g/mol. The third kappa shape index (κ3) is 3.77. The van der Waals surface area contributed by atoms with E-state index >= 15 is 0 Å². The van der Waals surface area contributed by atoms with Crippen LogP contribution < -0.4 is 10.1 Å². The van der Waals surface area contributed by atoms with E-state index in [1.54, 1.807) is 0 Å². The predicted molar refractivity (Wildman–Crippen MR) is 39.0 cm³/mol. The lowest BCUT2D eigenvalue weighted by Gasteiger charge is -1.97. The van der Waals surface area contributed by atoms with Crippen molar-refractivity contribution in [2.75, 3.05) is 6.54 Å². The Kier molecular flexibility index (Phi) is 4.89. The van der Waals surface area contributed by atoms with Crippen LogP contribution in [0, 0.1) is 4.91 Å². The molecule has 0 amide bonds. The van der Waals surface area contributed by atoms with Crippen LogP contribution in [0.25, 0.3) is 0 Å². The second kappa shape index (κ2) is 5.36. The molecule has 52 valence electrons. The molecule has 9 heavy (non-hydrogen) atoms. The van der Waals surface area contributed by atoms with Crippen LogP contribution in [0.3, 0.4) is 0 Å². The van der Waals surface area contributed by atoms with Gasteiger partial charge >= 0.3 is 0 Å². The number of thiol groups is 1. The maximum atomic E-state index is 9.53. The molecule has 0 aromatic heterocycles. The predicted octanol–water partition coefficient (Wildman–Crippen LogP) is 0.0677. The van der Waals surface area contributed by atoms with Crippen molar-refractivity contribution in [1.82, 2.24) is 10.1 Å². The van der Waals surface area contributed by atoms with Gasteiger partial charge < -0.3 is 4.72 Å². The molecule has 0 aliphatic rings. The first-order chi connectivity index (χ1) is 4.35. The summed E-state index contributed by atoms with van der Waals surface area (Å²) in [5.74, 6) is 0.260. The van der Waals surface area contributed by atoms with Crippen molar-refractivity contribution >= 4 is 18.8 Å². The van der Waals surface area contributed by atoms with Crippen LogP contribution in [0.4, 0.5) is 0 Å². The van der Waals surface area contributed by atoms with Gasteiger partial charge in [0, 0.05) is 6.54 Å². The quantitative estimate of drug-likeness (QED) is 0.171. The molecule has 0 atom stereocenters. The van der Waals surface area contributed by atoms with Crippen LogP contribution in [-0.2, 0) is 0 Å². The normalized spacial score (nSPS) is 10.7. The first kappa shape index (κ1) is 8.22. The van der Waals surface area contributed by atoms with Crippen molar-refractivity contribution in [2.24, 2.45) is 10.3 Å². The maximum Gasteiger partial charge on any atom is 0.224 e. The van der Waals surface area contributed by atoms with E-state index in [-0.39, 0.29) is 5.96 Å². The number of guanidine groups is 1. The van der Waals surface area contributed by atoms with Crippen molar-refractivity contribution in [1.29, 1.82) is 0 Å². The molecule has 6 heteroatoms. The largest absolute Gasteiger partial charge is 0.301 e. The summed E-state index contributed by atoms with van der Waals surface area (Å²) in [5.41, 5.74) is 2.07.